The summed E-state index contributed by atoms with van der Waals surface area (Å²) in [5.74, 6) is -2.65. The van der Waals surface area contributed by atoms with Gasteiger partial charge in [0, 0.05) is 89.8 Å². The Bertz CT molecular complexity index is 6510. The Balaban J connectivity index is 1.12. The Morgan fingerprint density at radius 1 is 0.317 bits per heavy atom. The highest BCUT2D eigenvalue weighted by atomic mass is 32.2. The molecule has 12 aromatic carbocycles. The van der Waals surface area contributed by atoms with Gasteiger partial charge in [-0.05, 0) is 154 Å². The molecule has 0 amide bonds. The van der Waals surface area contributed by atoms with Crippen molar-refractivity contribution in [2.45, 2.75) is 9.79 Å². The molecule has 0 spiro atoms. The second-order valence-electron chi connectivity index (χ2n) is 18.3. The van der Waals surface area contributed by atoms with Crippen molar-refractivity contribution in [1.82, 2.24) is 0 Å². The van der Waals surface area contributed by atoms with E-state index in [0.717, 1.165) is 45.0 Å². The maximum Gasteiger partial charge on any atom is 0.252 e. The molecule has 0 saturated heterocycles. The average molecular weight is 1110 g/mol. The highest BCUT2D eigenvalue weighted by Gasteiger charge is 2.48. The van der Waals surface area contributed by atoms with Crippen molar-refractivity contribution in [3.8, 4) is 0 Å². The zero-order chi connectivity index (χ0) is 87.5. The largest absolute Gasteiger partial charge is 0.311 e. The van der Waals surface area contributed by atoms with Gasteiger partial charge in [-0.25, -0.2) is 8.78 Å². The molecule has 82 heavy (non-hydrogen) atoms. The van der Waals surface area contributed by atoms with E-state index in [-0.39, 0.29) is 37.3 Å². The molecule has 4 aliphatic heterocycles. The summed E-state index contributed by atoms with van der Waals surface area (Å²) < 4.78 is 388. The van der Waals surface area contributed by atoms with E-state index < -0.39 is 345 Å². The SMILES string of the molecule is [2H]c1c([2H])c([2H])c(N(c2cc3c4c(c2)N(c2c([2H])c([2H])c([2H])c([2H])c2[2H])c2c([2H])c([2H])c([2H])c([2H])c2B4c2cc4c(cc2S3)N(c2ccc(F)cc2F)c2cc(N(c3c([2H])c([2H])c([2H])c([2H])c3[2H])c3c([2H])c([2H])c([2H])c([2H])c3[2H])cc3c2B4c2c([2H])c([2H])c([2H])c([2H])c2N3c2c([2H])c([2H])c([2H])c([2H])c2[2H])c2c([2H])c([2H])c([2H])c([2H])c2[2H])c([2H])c1[2H]. The van der Waals surface area contributed by atoms with Crippen molar-refractivity contribution in [1.29, 1.82) is 0 Å². The number of para-hydroxylation sites is 8. The lowest BCUT2D eigenvalue weighted by Gasteiger charge is -2.46. The maximum atomic E-state index is 18.2. The van der Waals surface area contributed by atoms with Crippen molar-refractivity contribution in [2.75, 3.05) is 24.5 Å². The molecule has 4 aliphatic rings. The van der Waals surface area contributed by atoms with Crippen LogP contribution in [-0.2, 0) is 0 Å². The van der Waals surface area contributed by atoms with Crippen molar-refractivity contribution in [3.63, 3.8) is 0 Å². The highest BCUT2D eigenvalue weighted by molar-refractivity contribution is 8.00. The van der Waals surface area contributed by atoms with Gasteiger partial charge in [-0.15, -0.1) is 0 Å². The number of fused-ring (bicyclic) bond motifs is 8. The van der Waals surface area contributed by atoms with Gasteiger partial charge in [0.15, 0.2) is 0 Å². The third-order valence-corrected chi connectivity index (χ3v) is 15.2. The Morgan fingerprint density at radius 2 is 0.732 bits per heavy atom. The third kappa shape index (κ3) is 7.62. The molecular weight excluding hydrogens is 1030 g/mol. The van der Waals surface area contributed by atoms with Gasteiger partial charge >= 0.3 is 0 Å². The first kappa shape index (κ1) is 23.2. The van der Waals surface area contributed by atoms with Gasteiger partial charge in [0.2, 0.25) is 6.71 Å². The molecular formula is C72H47B2F2N5S. The summed E-state index contributed by atoms with van der Waals surface area (Å²) in [5.41, 5.74) is -12.5. The van der Waals surface area contributed by atoms with Gasteiger partial charge in [0.25, 0.3) is 6.71 Å². The van der Waals surface area contributed by atoms with E-state index in [1.54, 1.807) is 0 Å². The molecule has 0 aromatic heterocycles. The van der Waals surface area contributed by atoms with Gasteiger partial charge in [-0.3, -0.25) is 0 Å². The molecule has 0 radical (unpaired) electrons. The fourth-order valence-corrected chi connectivity index (χ4v) is 12.3. The summed E-state index contributed by atoms with van der Waals surface area (Å²) in [4.78, 5) is 3.81. The van der Waals surface area contributed by atoms with Crippen LogP contribution in [0, 0.1) is 11.6 Å². The molecule has 0 fully saturated rings. The number of hydrogen-bond acceptors (Lipinski definition) is 6. The third-order valence-electron chi connectivity index (χ3n) is 14.1. The first-order valence-corrected chi connectivity index (χ1v) is 25.4. The predicted molar refractivity (Wildman–Crippen MR) is 340 cm³/mol. The molecule has 4 heterocycles. The summed E-state index contributed by atoms with van der Waals surface area (Å²) in [6.07, 6.45) is 0. The zero-order valence-electron chi connectivity index (χ0n) is 79.3. The summed E-state index contributed by atoms with van der Waals surface area (Å²) in [5, 5.41) is 0. The van der Waals surface area contributed by atoms with Crippen molar-refractivity contribution in [3.05, 3.63) is 296 Å². The molecule has 386 valence electrons. The number of rotatable bonds is 9. The van der Waals surface area contributed by atoms with Gasteiger partial charge in [-0.1, -0.05) is 168 Å². The van der Waals surface area contributed by atoms with Crippen LogP contribution in [0.25, 0.3) is 0 Å². The molecule has 0 aliphatic carbocycles. The van der Waals surface area contributed by atoms with Crippen LogP contribution >= 0.6 is 11.8 Å². The van der Waals surface area contributed by atoms with Gasteiger partial charge < -0.3 is 24.5 Å². The first-order chi connectivity index (χ1) is 56.3. The zero-order valence-corrected chi connectivity index (χ0v) is 42.1. The van der Waals surface area contributed by atoms with E-state index in [2.05, 4.69) is 0 Å². The van der Waals surface area contributed by atoms with Crippen molar-refractivity contribution in [2.24, 2.45) is 0 Å². The summed E-state index contributed by atoms with van der Waals surface area (Å²) in [6, 6.07) is -30.0. The number of anilines is 15. The smallest absolute Gasteiger partial charge is 0.252 e. The molecule has 12 aromatic rings. The normalized spacial score (nSPS) is 19.6. The van der Waals surface area contributed by atoms with Crippen molar-refractivity contribution < 1.29 is 60.9 Å². The van der Waals surface area contributed by atoms with Crippen LogP contribution in [-0.4, -0.2) is 13.4 Å². The monoisotopic (exact) mass is 1110 g/mol. The number of halogens is 2. The van der Waals surface area contributed by atoms with E-state index in [1.165, 1.54) is 18.2 Å². The van der Waals surface area contributed by atoms with Crippen molar-refractivity contribution >= 4 is 143 Å². The summed E-state index contributed by atoms with van der Waals surface area (Å²) in [6.45, 7) is -3.68. The van der Waals surface area contributed by atoms with Crippen LogP contribution < -0.4 is 57.3 Å². The van der Waals surface area contributed by atoms with E-state index in [9.17, 15) is 27.4 Å². The molecule has 5 nitrogen and oxygen atoms in total. The molecule has 0 atom stereocenters. The topological polar surface area (TPSA) is 16.2 Å². The number of hydrogen-bond donors (Lipinski definition) is 0. The Labute approximate surface area is 533 Å². The second kappa shape index (κ2) is 19.4. The lowest BCUT2D eigenvalue weighted by atomic mass is 9.31. The van der Waals surface area contributed by atoms with E-state index in [1.807, 2.05) is 0 Å². The Hall–Kier alpha value is -10.0. The van der Waals surface area contributed by atoms with Crippen LogP contribution in [0.1, 0.15) is 52.1 Å². The minimum atomic E-state index is -1.90. The minimum Gasteiger partial charge on any atom is -0.311 e. The van der Waals surface area contributed by atoms with E-state index in [0.29, 0.717) is 27.6 Å². The summed E-state index contributed by atoms with van der Waals surface area (Å²) in [7, 11) is 0. The van der Waals surface area contributed by atoms with Gasteiger partial charge in [0.1, 0.15) is 11.6 Å². The van der Waals surface area contributed by atoms with Crippen LogP contribution in [0.3, 0.4) is 0 Å². The van der Waals surface area contributed by atoms with E-state index >= 15 is 8.78 Å². The first-order valence-electron chi connectivity index (χ1n) is 43.6. The highest BCUT2D eigenvalue weighted by Crippen LogP contribution is 2.51. The molecule has 0 bridgehead atoms. The maximum absolute atomic E-state index is 18.2. The van der Waals surface area contributed by atoms with E-state index in [4.69, 9.17) is 24.7 Å². The quantitative estimate of drug-likeness (QED) is 0.133. The number of benzene rings is 12. The molecule has 0 unspecified atom stereocenters. The van der Waals surface area contributed by atoms with Crippen LogP contribution in [0.4, 0.5) is 94.1 Å². The lowest BCUT2D eigenvalue weighted by Crippen LogP contribution is -2.64. The molecule has 10 heteroatoms. The number of nitrogens with zero attached hydrogens (tertiary/aromatic N) is 5. The van der Waals surface area contributed by atoms with Crippen LogP contribution in [0.2, 0.25) is 0 Å². The fraction of sp³-hybridized carbons (Fsp3) is 0. The Morgan fingerprint density at radius 3 is 1.22 bits per heavy atom. The molecule has 0 N–H and O–H groups in total. The molecule has 16 rings (SSSR count). The average Bonchev–Trinajstić information content (AvgIpc) is 0.676. The predicted octanol–water partition coefficient (Wildman–Crippen LogP) is 15.8. The van der Waals surface area contributed by atoms with Crippen LogP contribution in [0.5, 0.6) is 0 Å². The van der Waals surface area contributed by atoms with Gasteiger partial charge in [0.05, 0.1) is 63.5 Å². The van der Waals surface area contributed by atoms with Gasteiger partial charge in [-0.2, -0.15) is 0 Å². The lowest BCUT2D eigenvalue weighted by molar-refractivity contribution is 0.584. The minimum absolute atomic E-state index is 0.0922. The second-order valence-corrected chi connectivity index (χ2v) is 19.4. The molecule has 0 saturated carbocycles. The van der Waals surface area contributed by atoms with Crippen LogP contribution in [0.15, 0.2) is 294 Å². The fourth-order valence-electron chi connectivity index (χ4n) is 11.1. The Kier molecular flexibility index (Phi) is 5.48. The standard InChI is InChI=1S/C72H47B2F2N5S/c75-48-39-40-64(61(76)41-48)81-65-47-69-60(74-58-36-20-22-38-63(58)80(54-33-17-6-18-34-54)68-44-56(45-70(82-69)72(68)74)78(51-27-11-3-12-28-51)52-29-13-4-14-30-52)46-59(65)73-57-35-19-21-37-62(57)79(53-31-15-5-16-32-53)66-42-55(43-67(81)71(66)73)77(49-23-7-1-8-24-49)50-25-9-2-10-26-50/h1-47H/i1D,2D,3D,4D,5D,6D,7D,8D,9D,10D,11D,12D,13D,14D,15D,16D,17D,18D,19D,20D,21D,22D,23D,24D,25D,26D,27D,28D,29D,30D,31D,32D,33D,34D,35D,36D,37D,38D. The summed E-state index contributed by atoms with van der Waals surface area (Å²) >= 11 is 0.678.